The van der Waals surface area contributed by atoms with Gasteiger partial charge in [-0.05, 0) is 51.4 Å². The summed E-state index contributed by atoms with van der Waals surface area (Å²) >= 11 is 0. The first-order valence-corrected chi connectivity index (χ1v) is 8.80. The van der Waals surface area contributed by atoms with Gasteiger partial charge in [0, 0.05) is 6.20 Å². The molecule has 1 aromatic rings. The van der Waals surface area contributed by atoms with Crippen molar-refractivity contribution < 1.29 is 0 Å². The van der Waals surface area contributed by atoms with Crippen molar-refractivity contribution in [2.45, 2.75) is 59.0 Å². The van der Waals surface area contributed by atoms with Crippen LogP contribution in [0.25, 0.3) is 0 Å². The molecule has 0 N–H and O–H groups in total. The van der Waals surface area contributed by atoms with Crippen molar-refractivity contribution in [3.63, 3.8) is 0 Å². The van der Waals surface area contributed by atoms with Crippen LogP contribution in [0.15, 0.2) is 47.9 Å². The van der Waals surface area contributed by atoms with Gasteiger partial charge >= 0.3 is 0 Å². The molecule has 0 saturated carbocycles. The van der Waals surface area contributed by atoms with Crippen LogP contribution in [-0.4, -0.2) is 10.1 Å². The minimum Gasteiger partial charge on any atom is -0.256 e. The minimum atomic E-state index is -0.374. The van der Waals surface area contributed by atoms with E-state index in [1.54, 1.807) is 0 Å². The fraction of sp³-hybridized carbons (Fsp3) is 0.500. The highest BCUT2D eigenvalue weighted by molar-refractivity contribution is 7.69. The summed E-state index contributed by atoms with van der Waals surface area (Å²) < 4.78 is 0. The molecule has 1 aromatic heterocycles. The number of hydrogen-bond acceptors (Lipinski definition) is 1. The highest BCUT2D eigenvalue weighted by atomic mass is 31.1. The third-order valence-electron chi connectivity index (χ3n) is 3.34. The summed E-state index contributed by atoms with van der Waals surface area (Å²) in [5, 5.41) is 0.243. The molecular weight excluding hydrogens is 261 g/mol. The van der Waals surface area contributed by atoms with Gasteiger partial charge in [0.05, 0.1) is 5.44 Å². The van der Waals surface area contributed by atoms with Crippen LogP contribution in [0.2, 0.25) is 0 Å². The Morgan fingerprint density at radius 2 is 2.00 bits per heavy atom. The second-order valence-corrected chi connectivity index (χ2v) is 9.11. The third kappa shape index (κ3) is 5.59. The van der Waals surface area contributed by atoms with E-state index in [1.807, 2.05) is 12.3 Å². The number of aromatic nitrogens is 1. The minimum absolute atomic E-state index is 0.243. The molecule has 0 aromatic carbocycles. The molecule has 1 unspecified atom stereocenters. The predicted molar refractivity (Wildman–Crippen MR) is 93.0 cm³/mol. The van der Waals surface area contributed by atoms with E-state index in [4.69, 9.17) is 0 Å². The topological polar surface area (TPSA) is 12.9 Å². The maximum atomic E-state index is 4.58. The van der Waals surface area contributed by atoms with E-state index in [0.717, 1.165) is 19.3 Å². The molecule has 20 heavy (non-hydrogen) atoms. The molecule has 0 amide bonds. The lowest BCUT2D eigenvalue weighted by atomic mass is 10.1. The van der Waals surface area contributed by atoms with Crippen molar-refractivity contribution in [3.05, 3.63) is 47.9 Å². The first kappa shape index (κ1) is 17.1. The lowest BCUT2D eigenvalue weighted by Gasteiger charge is -2.28. The average molecular weight is 289 g/mol. The summed E-state index contributed by atoms with van der Waals surface area (Å²) in [6.45, 7) is 15.4. The van der Waals surface area contributed by atoms with Crippen LogP contribution in [0, 0.1) is 0 Å². The van der Waals surface area contributed by atoms with E-state index in [9.17, 15) is 0 Å². The van der Waals surface area contributed by atoms with Gasteiger partial charge in [-0.15, -0.1) is 0 Å². The van der Waals surface area contributed by atoms with Crippen LogP contribution in [0.1, 0.15) is 53.9 Å². The summed E-state index contributed by atoms with van der Waals surface area (Å²) in [6.07, 6.45) is 5.21. The Labute approximate surface area is 126 Å². The molecule has 0 saturated heterocycles. The average Bonchev–Trinajstić information content (AvgIpc) is 2.41. The second-order valence-electron chi connectivity index (χ2n) is 6.31. The number of pyridine rings is 1. The Kier molecular flexibility index (Phi) is 6.62. The Balaban J connectivity index is 2.88. The smallest absolute Gasteiger partial charge is 0.0675 e. The lowest BCUT2D eigenvalue weighted by Crippen LogP contribution is -2.20. The first-order valence-electron chi connectivity index (χ1n) is 7.39. The van der Waals surface area contributed by atoms with Crippen LogP contribution in [-0.2, 0) is 0 Å². The zero-order valence-electron chi connectivity index (χ0n) is 13.6. The van der Waals surface area contributed by atoms with Crippen LogP contribution in [0.3, 0.4) is 0 Å². The second kappa shape index (κ2) is 7.74. The quantitative estimate of drug-likeness (QED) is 0.488. The molecule has 0 bridgehead atoms. The van der Waals surface area contributed by atoms with E-state index in [-0.39, 0.29) is 13.1 Å². The fourth-order valence-electron chi connectivity index (χ4n) is 1.94. The molecule has 110 valence electrons. The molecule has 0 radical (unpaired) electrons. The monoisotopic (exact) mass is 289 g/mol. The zero-order valence-corrected chi connectivity index (χ0v) is 14.5. The van der Waals surface area contributed by atoms with Gasteiger partial charge in [-0.25, -0.2) is 0 Å². The first-order chi connectivity index (χ1) is 9.34. The molecule has 0 aliphatic carbocycles. The van der Waals surface area contributed by atoms with Crippen LogP contribution < -0.4 is 5.44 Å². The summed E-state index contributed by atoms with van der Waals surface area (Å²) in [7, 11) is -0.374. The lowest BCUT2D eigenvalue weighted by molar-refractivity contribution is 0.791. The van der Waals surface area contributed by atoms with Crippen molar-refractivity contribution in [3.8, 4) is 0 Å². The molecule has 0 aliphatic rings. The molecule has 1 rings (SSSR count). The van der Waals surface area contributed by atoms with Crippen molar-refractivity contribution in [2.24, 2.45) is 0 Å². The summed E-state index contributed by atoms with van der Waals surface area (Å²) in [5.74, 6) is 2.46. The Bertz CT molecular complexity index is 454. The summed E-state index contributed by atoms with van der Waals surface area (Å²) in [4.78, 5) is 4.58. The Morgan fingerprint density at radius 3 is 2.50 bits per heavy atom. The van der Waals surface area contributed by atoms with E-state index in [1.165, 1.54) is 16.6 Å². The van der Waals surface area contributed by atoms with Gasteiger partial charge in [-0.2, -0.15) is 0 Å². The van der Waals surface area contributed by atoms with Crippen molar-refractivity contribution in [2.75, 3.05) is 0 Å². The van der Waals surface area contributed by atoms with Gasteiger partial charge in [0.1, 0.15) is 0 Å². The molecule has 0 spiro atoms. The molecule has 2 heteroatoms. The molecule has 0 aliphatic heterocycles. The number of allylic oxidation sites excluding steroid dienone is 2. The van der Waals surface area contributed by atoms with Gasteiger partial charge in [0.15, 0.2) is 0 Å². The summed E-state index contributed by atoms with van der Waals surface area (Å²) in [5.41, 5.74) is 4.03. The Hall–Kier alpha value is -0.940. The van der Waals surface area contributed by atoms with Crippen molar-refractivity contribution in [1.29, 1.82) is 0 Å². The highest BCUT2D eigenvalue weighted by Crippen LogP contribution is 2.50. The van der Waals surface area contributed by atoms with E-state index < -0.39 is 0 Å². The standard InChI is InChI=1S/C18H28NP/c1-7-15(2)11-12-16(3)14-20(18(4,5)6)17-10-8-9-13-19-17/h8-10,13-14H,2,7,11-12H2,1,3-6H3/b16-14-. The molecular formula is C18H28NP. The highest BCUT2D eigenvalue weighted by Gasteiger charge is 2.24. The maximum Gasteiger partial charge on any atom is 0.0675 e. The van der Waals surface area contributed by atoms with Gasteiger partial charge in [0.2, 0.25) is 0 Å². The van der Waals surface area contributed by atoms with E-state index in [0.29, 0.717) is 0 Å². The van der Waals surface area contributed by atoms with E-state index >= 15 is 0 Å². The number of rotatable bonds is 6. The predicted octanol–water partition coefficient (Wildman–Crippen LogP) is 5.64. The molecule has 0 fully saturated rings. The number of nitrogens with zero attached hydrogens (tertiary/aromatic N) is 1. The van der Waals surface area contributed by atoms with Crippen LogP contribution in [0.4, 0.5) is 0 Å². The zero-order chi connectivity index (χ0) is 15.2. The van der Waals surface area contributed by atoms with Gasteiger partial charge in [0.25, 0.3) is 0 Å². The normalized spacial score (nSPS) is 14.2. The van der Waals surface area contributed by atoms with Gasteiger partial charge < -0.3 is 0 Å². The van der Waals surface area contributed by atoms with Crippen molar-refractivity contribution >= 4 is 13.4 Å². The largest absolute Gasteiger partial charge is 0.256 e. The fourth-order valence-corrected chi connectivity index (χ4v) is 4.15. The summed E-state index contributed by atoms with van der Waals surface area (Å²) in [6, 6.07) is 6.23. The van der Waals surface area contributed by atoms with E-state index in [2.05, 4.69) is 64.1 Å². The Morgan fingerprint density at radius 1 is 1.30 bits per heavy atom. The maximum absolute atomic E-state index is 4.58. The van der Waals surface area contributed by atoms with Gasteiger partial charge in [-0.1, -0.05) is 57.3 Å². The third-order valence-corrected chi connectivity index (χ3v) is 6.24. The molecule has 1 atom stereocenters. The van der Waals surface area contributed by atoms with Crippen LogP contribution in [0.5, 0.6) is 0 Å². The molecule has 1 heterocycles. The van der Waals surface area contributed by atoms with Crippen molar-refractivity contribution in [1.82, 2.24) is 4.98 Å². The van der Waals surface area contributed by atoms with Crippen LogP contribution >= 0.6 is 7.92 Å². The molecule has 1 nitrogen and oxygen atoms in total. The SMILES string of the molecule is C=C(CC)CC/C(C)=C\P(c1ccccn1)C(C)(C)C. The van der Waals surface area contributed by atoms with Gasteiger partial charge in [-0.3, -0.25) is 4.98 Å². The number of hydrogen-bond donors (Lipinski definition) is 0.